The number of nitrogens with one attached hydrogen (secondary N) is 1. The lowest BCUT2D eigenvalue weighted by Crippen LogP contribution is -2.41. The summed E-state index contributed by atoms with van der Waals surface area (Å²) in [5, 5.41) is 3.55. The average molecular weight is 250 g/mol. The highest BCUT2D eigenvalue weighted by Crippen LogP contribution is 2.28. The molecule has 0 spiro atoms. The molecule has 0 amide bonds. The van der Waals surface area contributed by atoms with Gasteiger partial charge in [-0.3, -0.25) is 0 Å². The largest absolute Gasteiger partial charge is 0.316 e. The molecule has 2 atom stereocenters. The van der Waals surface area contributed by atoms with E-state index in [4.69, 9.17) is 0 Å². The Morgan fingerprint density at radius 3 is 1.56 bits per heavy atom. The van der Waals surface area contributed by atoms with Gasteiger partial charge in [0, 0.05) is 0 Å². The SMILES string of the molecule is C1CC2CCC(C1)CNC2.C1CN2CCC1CC2. The molecule has 2 heteroatoms. The Kier molecular flexibility index (Phi) is 4.58. The maximum Gasteiger partial charge on any atom is -0.00161 e. The first-order valence-corrected chi connectivity index (χ1v) is 8.33. The van der Waals surface area contributed by atoms with Crippen LogP contribution in [0.3, 0.4) is 0 Å². The molecule has 5 rings (SSSR count). The molecule has 2 unspecified atom stereocenters. The Bertz CT molecular complexity index is 200. The summed E-state index contributed by atoms with van der Waals surface area (Å²) < 4.78 is 0. The predicted octanol–water partition coefficient (Wildman–Crippen LogP) is 2.89. The second kappa shape index (κ2) is 6.38. The summed E-state index contributed by atoms with van der Waals surface area (Å²) in [6.45, 7) is 6.78. The van der Waals surface area contributed by atoms with Gasteiger partial charge in [0.05, 0.1) is 0 Å². The molecule has 1 saturated carbocycles. The van der Waals surface area contributed by atoms with Crippen LogP contribution in [0.25, 0.3) is 0 Å². The van der Waals surface area contributed by atoms with Gasteiger partial charge in [0.25, 0.3) is 0 Å². The molecule has 0 aromatic rings. The van der Waals surface area contributed by atoms with Crippen LogP contribution < -0.4 is 5.32 Å². The molecule has 18 heavy (non-hydrogen) atoms. The number of nitrogens with zero attached hydrogens (tertiary/aromatic N) is 1. The molecule has 104 valence electrons. The molecule has 0 aromatic heterocycles. The lowest BCUT2D eigenvalue weighted by Gasteiger charge is -2.38. The predicted molar refractivity (Wildman–Crippen MR) is 76.7 cm³/mol. The summed E-state index contributed by atoms with van der Waals surface area (Å²) in [4.78, 5) is 2.58. The van der Waals surface area contributed by atoms with Crippen molar-refractivity contribution < 1.29 is 0 Å². The third-order valence-corrected chi connectivity index (χ3v) is 5.63. The number of piperidine rings is 3. The van der Waals surface area contributed by atoms with Crippen molar-refractivity contribution in [1.82, 2.24) is 10.2 Å². The van der Waals surface area contributed by atoms with Crippen LogP contribution in [-0.4, -0.2) is 37.6 Å². The molecule has 1 aliphatic carbocycles. The summed E-state index contributed by atoms with van der Waals surface area (Å²) >= 11 is 0. The topological polar surface area (TPSA) is 15.3 Å². The van der Waals surface area contributed by atoms with Crippen molar-refractivity contribution in [3.8, 4) is 0 Å². The van der Waals surface area contributed by atoms with E-state index in [-0.39, 0.29) is 0 Å². The second-order valence-corrected chi connectivity index (χ2v) is 6.97. The van der Waals surface area contributed by atoms with Crippen LogP contribution in [0.4, 0.5) is 0 Å². The van der Waals surface area contributed by atoms with Gasteiger partial charge >= 0.3 is 0 Å². The molecule has 4 aliphatic heterocycles. The van der Waals surface area contributed by atoms with Crippen molar-refractivity contribution in [2.75, 3.05) is 32.7 Å². The normalized spacial score (nSPS) is 42.7. The van der Waals surface area contributed by atoms with Gasteiger partial charge in [-0.2, -0.15) is 0 Å². The Labute approximate surface area is 113 Å². The lowest BCUT2D eigenvalue weighted by molar-refractivity contribution is 0.111. The van der Waals surface area contributed by atoms with E-state index in [1.165, 1.54) is 84.1 Å². The highest BCUT2D eigenvalue weighted by atomic mass is 15.1. The number of hydrogen-bond acceptors (Lipinski definition) is 2. The van der Waals surface area contributed by atoms with Gasteiger partial charge in [-0.05, 0) is 95.4 Å². The van der Waals surface area contributed by atoms with Crippen molar-refractivity contribution in [2.24, 2.45) is 17.8 Å². The molecule has 5 fully saturated rings. The maximum absolute atomic E-state index is 3.55. The quantitative estimate of drug-likeness (QED) is 0.711. The fourth-order valence-electron chi connectivity index (χ4n) is 4.22. The zero-order chi connectivity index (χ0) is 12.2. The fourth-order valence-corrected chi connectivity index (χ4v) is 4.22. The van der Waals surface area contributed by atoms with Crippen LogP contribution in [0.2, 0.25) is 0 Å². The third kappa shape index (κ3) is 3.48. The minimum Gasteiger partial charge on any atom is -0.316 e. The van der Waals surface area contributed by atoms with Gasteiger partial charge in [-0.25, -0.2) is 0 Å². The number of fused-ring (bicyclic) bond motifs is 6. The molecule has 4 bridgehead atoms. The van der Waals surface area contributed by atoms with E-state index in [1.54, 1.807) is 0 Å². The maximum atomic E-state index is 3.55. The van der Waals surface area contributed by atoms with Crippen LogP contribution in [0.5, 0.6) is 0 Å². The molecule has 0 aromatic carbocycles. The second-order valence-electron chi connectivity index (χ2n) is 6.97. The van der Waals surface area contributed by atoms with E-state index < -0.39 is 0 Å². The number of rotatable bonds is 0. The summed E-state index contributed by atoms with van der Waals surface area (Å²) in [7, 11) is 0. The first-order valence-electron chi connectivity index (χ1n) is 8.33. The van der Waals surface area contributed by atoms with Gasteiger partial charge < -0.3 is 10.2 Å². The standard InChI is InChI=1S/C9H17N.C7H13N/c1-2-8-4-5-9(3-1)7-10-6-8;1-4-8-5-2-7(1)3-6-8/h8-10H,1-7H2;7H,1-6H2. The first kappa shape index (κ1) is 12.9. The average Bonchev–Trinajstić information content (AvgIpc) is 2.78. The summed E-state index contributed by atoms with van der Waals surface area (Å²) in [6, 6.07) is 0. The minimum absolute atomic E-state index is 1.02. The van der Waals surface area contributed by atoms with Crippen molar-refractivity contribution in [3.63, 3.8) is 0 Å². The van der Waals surface area contributed by atoms with E-state index in [9.17, 15) is 0 Å². The molecular formula is C16H30N2. The van der Waals surface area contributed by atoms with Crippen LogP contribution in [-0.2, 0) is 0 Å². The Balaban J connectivity index is 0.000000114. The first-order chi connectivity index (χ1) is 8.90. The Morgan fingerprint density at radius 2 is 1.17 bits per heavy atom. The van der Waals surface area contributed by atoms with Crippen molar-refractivity contribution in [2.45, 2.75) is 51.4 Å². The molecule has 2 nitrogen and oxygen atoms in total. The lowest BCUT2D eigenvalue weighted by atomic mass is 9.89. The molecule has 1 N–H and O–H groups in total. The highest BCUT2D eigenvalue weighted by Gasteiger charge is 2.24. The Hall–Kier alpha value is -0.0800. The minimum atomic E-state index is 1.02. The van der Waals surface area contributed by atoms with Gasteiger partial charge in [0.1, 0.15) is 0 Å². The molecule has 4 heterocycles. The van der Waals surface area contributed by atoms with Crippen LogP contribution in [0.1, 0.15) is 51.4 Å². The van der Waals surface area contributed by atoms with Gasteiger partial charge in [0.2, 0.25) is 0 Å². The highest BCUT2D eigenvalue weighted by molar-refractivity contribution is 4.79. The molecular weight excluding hydrogens is 220 g/mol. The third-order valence-electron chi connectivity index (χ3n) is 5.63. The van der Waals surface area contributed by atoms with Gasteiger partial charge in [-0.15, -0.1) is 0 Å². The van der Waals surface area contributed by atoms with Gasteiger partial charge in [-0.1, -0.05) is 6.42 Å². The van der Waals surface area contributed by atoms with E-state index in [2.05, 4.69) is 10.2 Å². The molecule has 4 saturated heterocycles. The summed E-state index contributed by atoms with van der Waals surface area (Å²) in [5.41, 5.74) is 0. The number of hydrogen-bond donors (Lipinski definition) is 1. The zero-order valence-electron chi connectivity index (χ0n) is 11.9. The van der Waals surface area contributed by atoms with E-state index in [0.717, 1.165) is 17.8 Å². The smallest absolute Gasteiger partial charge is 0.00161 e. The van der Waals surface area contributed by atoms with Crippen molar-refractivity contribution >= 4 is 0 Å². The monoisotopic (exact) mass is 250 g/mol. The van der Waals surface area contributed by atoms with E-state index in [0.29, 0.717) is 0 Å². The van der Waals surface area contributed by atoms with Crippen LogP contribution in [0, 0.1) is 17.8 Å². The van der Waals surface area contributed by atoms with Crippen molar-refractivity contribution in [1.29, 1.82) is 0 Å². The molecule has 0 radical (unpaired) electrons. The van der Waals surface area contributed by atoms with Gasteiger partial charge in [0.15, 0.2) is 0 Å². The summed E-state index contributed by atoms with van der Waals surface area (Å²) in [5.74, 6) is 3.15. The Morgan fingerprint density at radius 1 is 0.611 bits per heavy atom. The van der Waals surface area contributed by atoms with E-state index in [1.807, 2.05) is 0 Å². The van der Waals surface area contributed by atoms with Crippen LogP contribution >= 0.6 is 0 Å². The fraction of sp³-hybridized carbons (Fsp3) is 1.00. The van der Waals surface area contributed by atoms with Crippen LogP contribution in [0.15, 0.2) is 0 Å². The molecule has 5 aliphatic rings. The summed E-state index contributed by atoms with van der Waals surface area (Å²) in [6.07, 6.45) is 11.9. The van der Waals surface area contributed by atoms with Crippen molar-refractivity contribution in [3.05, 3.63) is 0 Å². The van der Waals surface area contributed by atoms with E-state index >= 15 is 0 Å². The zero-order valence-corrected chi connectivity index (χ0v) is 11.9.